The van der Waals surface area contributed by atoms with E-state index in [1.54, 1.807) is 12.3 Å². The molecule has 2 heterocycles. The van der Waals surface area contributed by atoms with Crippen LogP contribution in [0.4, 0.5) is 4.39 Å². The SMILES string of the molecule is CC1(c2cnc(B3OC(C)(C)C(C)(C)O3)c(F)c2)CC1. The molecule has 3 rings (SSSR count). The predicted octanol–water partition coefficient (Wildman–Crippen LogP) is 2.57. The van der Waals surface area contributed by atoms with E-state index in [4.69, 9.17) is 9.31 Å². The Morgan fingerprint density at radius 3 is 2.10 bits per heavy atom. The first kappa shape index (κ1) is 14.0. The quantitative estimate of drug-likeness (QED) is 0.778. The van der Waals surface area contributed by atoms with E-state index in [0.29, 0.717) is 0 Å². The van der Waals surface area contributed by atoms with E-state index in [1.807, 2.05) is 27.7 Å². The van der Waals surface area contributed by atoms with Gasteiger partial charge in [-0.1, -0.05) is 6.92 Å². The third-order valence-corrected chi connectivity index (χ3v) is 5.04. The fourth-order valence-electron chi connectivity index (χ4n) is 2.38. The van der Waals surface area contributed by atoms with Crippen LogP contribution in [0.5, 0.6) is 0 Å². The molecule has 5 heteroatoms. The summed E-state index contributed by atoms with van der Waals surface area (Å²) in [7, 11) is -0.735. The van der Waals surface area contributed by atoms with Gasteiger partial charge in [0.2, 0.25) is 0 Å². The molecule has 0 spiro atoms. The van der Waals surface area contributed by atoms with E-state index in [2.05, 4.69) is 11.9 Å². The maximum Gasteiger partial charge on any atom is 0.517 e. The van der Waals surface area contributed by atoms with Crippen LogP contribution in [0.15, 0.2) is 12.3 Å². The van der Waals surface area contributed by atoms with Crippen LogP contribution in [-0.2, 0) is 14.7 Å². The monoisotopic (exact) mass is 277 g/mol. The number of hydrogen-bond acceptors (Lipinski definition) is 3. The van der Waals surface area contributed by atoms with Crippen molar-refractivity contribution in [3.8, 4) is 0 Å². The lowest BCUT2D eigenvalue weighted by Crippen LogP contribution is -2.41. The summed E-state index contributed by atoms with van der Waals surface area (Å²) in [6, 6.07) is 1.58. The summed E-state index contributed by atoms with van der Waals surface area (Å²) in [5.41, 5.74) is 0.370. The Hall–Kier alpha value is -0.935. The Balaban J connectivity index is 1.89. The molecule has 2 aliphatic rings. The van der Waals surface area contributed by atoms with Crippen LogP contribution in [0.3, 0.4) is 0 Å². The topological polar surface area (TPSA) is 31.4 Å². The molecule has 0 N–H and O–H groups in total. The van der Waals surface area contributed by atoms with E-state index in [0.717, 1.165) is 18.4 Å². The van der Waals surface area contributed by atoms with Gasteiger partial charge in [0, 0.05) is 6.20 Å². The molecule has 1 aliphatic carbocycles. The summed E-state index contributed by atoms with van der Waals surface area (Å²) in [6.45, 7) is 9.93. The van der Waals surface area contributed by atoms with Gasteiger partial charge >= 0.3 is 7.12 Å². The van der Waals surface area contributed by atoms with Crippen molar-refractivity contribution in [2.75, 3.05) is 0 Å². The fraction of sp³-hybridized carbons (Fsp3) is 0.667. The van der Waals surface area contributed by atoms with Crippen molar-refractivity contribution in [3.05, 3.63) is 23.6 Å². The highest BCUT2D eigenvalue weighted by atomic mass is 19.1. The van der Waals surface area contributed by atoms with E-state index < -0.39 is 18.3 Å². The van der Waals surface area contributed by atoms with Crippen molar-refractivity contribution in [2.24, 2.45) is 0 Å². The summed E-state index contributed by atoms with van der Waals surface area (Å²) in [6.07, 6.45) is 3.96. The first-order valence-corrected chi connectivity index (χ1v) is 7.16. The number of hydrogen-bond donors (Lipinski definition) is 0. The zero-order valence-corrected chi connectivity index (χ0v) is 12.8. The maximum absolute atomic E-state index is 14.3. The van der Waals surface area contributed by atoms with Gasteiger partial charge in [-0.05, 0) is 57.6 Å². The molecule has 108 valence electrons. The number of halogens is 1. The molecule has 1 aromatic heterocycles. The van der Waals surface area contributed by atoms with Gasteiger partial charge in [0.15, 0.2) is 0 Å². The highest BCUT2D eigenvalue weighted by molar-refractivity contribution is 6.61. The Bertz CT molecular complexity index is 539. The van der Waals surface area contributed by atoms with Gasteiger partial charge in [0.1, 0.15) is 11.4 Å². The molecule has 1 aromatic rings. The minimum Gasteiger partial charge on any atom is -0.398 e. The van der Waals surface area contributed by atoms with Gasteiger partial charge < -0.3 is 9.31 Å². The molecule has 0 unspecified atom stereocenters. The number of rotatable bonds is 2. The standard InChI is InChI=1S/C15H21BFNO2/c1-13(2)14(3,4)20-16(19-13)12-11(17)8-10(9-18-12)15(5)6-7-15/h8-9H,6-7H2,1-5H3. The minimum absolute atomic E-state index is 0.113. The second-order valence-corrected chi connectivity index (χ2v) is 7.24. The van der Waals surface area contributed by atoms with Crippen LogP contribution in [0, 0.1) is 5.82 Å². The molecule has 1 saturated heterocycles. The molecule has 3 nitrogen and oxygen atoms in total. The highest BCUT2D eigenvalue weighted by Crippen LogP contribution is 2.47. The first-order valence-electron chi connectivity index (χ1n) is 7.16. The summed E-state index contributed by atoms with van der Waals surface area (Å²) >= 11 is 0. The molecule has 0 atom stereocenters. The molecule has 20 heavy (non-hydrogen) atoms. The van der Waals surface area contributed by atoms with Crippen LogP contribution < -0.4 is 5.59 Å². The van der Waals surface area contributed by atoms with Crippen molar-refractivity contribution in [1.82, 2.24) is 4.98 Å². The Morgan fingerprint density at radius 2 is 1.65 bits per heavy atom. The maximum atomic E-state index is 14.3. The van der Waals surface area contributed by atoms with E-state index in [9.17, 15) is 4.39 Å². The van der Waals surface area contributed by atoms with E-state index in [1.165, 1.54) is 0 Å². The second kappa shape index (κ2) is 4.04. The fourth-order valence-corrected chi connectivity index (χ4v) is 2.38. The molecule has 0 bridgehead atoms. The van der Waals surface area contributed by atoms with Gasteiger partial charge in [-0.15, -0.1) is 0 Å². The summed E-state index contributed by atoms with van der Waals surface area (Å²) < 4.78 is 26.0. The van der Waals surface area contributed by atoms with E-state index >= 15 is 0 Å². The molecule has 2 fully saturated rings. The Kier molecular flexibility index (Phi) is 2.84. The summed E-state index contributed by atoms with van der Waals surface area (Å²) in [5.74, 6) is -0.339. The van der Waals surface area contributed by atoms with Gasteiger partial charge in [-0.2, -0.15) is 0 Å². The average Bonchev–Trinajstić information content (AvgIpc) is 3.01. The summed E-state index contributed by atoms with van der Waals surface area (Å²) in [4.78, 5) is 4.27. The van der Waals surface area contributed by atoms with Crippen molar-refractivity contribution in [1.29, 1.82) is 0 Å². The van der Waals surface area contributed by atoms with Gasteiger partial charge in [-0.25, -0.2) is 4.39 Å². The van der Waals surface area contributed by atoms with Crippen LogP contribution >= 0.6 is 0 Å². The molecule has 0 amide bonds. The molecule has 1 saturated carbocycles. The lowest BCUT2D eigenvalue weighted by molar-refractivity contribution is 0.00578. The zero-order valence-electron chi connectivity index (χ0n) is 12.8. The molecule has 0 radical (unpaired) electrons. The van der Waals surface area contributed by atoms with Gasteiger partial charge in [-0.3, -0.25) is 4.98 Å². The smallest absolute Gasteiger partial charge is 0.398 e. The zero-order chi connectivity index (χ0) is 14.8. The molecular formula is C15H21BFNO2. The van der Waals surface area contributed by atoms with Crippen molar-refractivity contribution >= 4 is 12.7 Å². The van der Waals surface area contributed by atoms with E-state index in [-0.39, 0.29) is 16.8 Å². The lowest BCUT2D eigenvalue weighted by Gasteiger charge is -2.32. The highest BCUT2D eigenvalue weighted by Gasteiger charge is 2.53. The number of pyridine rings is 1. The van der Waals surface area contributed by atoms with Crippen molar-refractivity contribution < 1.29 is 13.7 Å². The Morgan fingerprint density at radius 1 is 1.10 bits per heavy atom. The normalized spacial score (nSPS) is 25.8. The van der Waals surface area contributed by atoms with Crippen LogP contribution in [-0.4, -0.2) is 23.3 Å². The number of aromatic nitrogens is 1. The van der Waals surface area contributed by atoms with Crippen LogP contribution in [0.2, 0.25) is 0 Å². The average molecular weight is 277 g/mol. The minimum atomic E-state index is -0.735. The first-order chi connectivity index (χ1) is 9.15. The predicted molar refractivity (Wildman–Crippen MR) is 76.5 cm³/mol. The van der Waals surface area contributed by atoms with Crippen molar-refractivity contribution in [2.45, 2.75) is 64.1 Å². The molecular weight excluding hydrogens is 256 g/mol. The number of nitrogens with zero attached hydrogens (tertiary/aromatic N) is 1. The molecule has 1 aliphatic heterocycles. The second-order valence-electron chi connectivity index (χ2n) is 7.24. The molecule has 0 aromatic carbocycles. The van der Waals surface area contributed by atoms with Crippen LogP contribution in [0.25, 0.3) is 0 Å². The van der Waals surface area contributed by atoms with Crippen molar-refractivity contribution in [3.63, 3.8) is 0 Å². The largest absolute Gasteiger partial charge is 0.517 e. The third kappa shape index (κ3) is 2.08. The third-order valence-electron chi connectivity index (χ3n) is 5.04. The Labute approximate surface area is 120 Å². The summed E-state index contributed by atoms with van der Waals surface area (Å²) in [5, 5.41) is 0. The van der Waals surface area contributed by atoms with Gasteiger partial charge in [0.05, 0.1) is 11.2 Å². The lowest BCUT2D eigenvalue weighted by atomic mass is 9.83. The van der Waals surface area contributed by atoms with Gasteiger partial charge in [0.25, 0.3) is 0 Å². The van der Waals surface area contributed by atoms with Crippen LogP contribution in [0.1, 0.15) is 53.0 Å².